The number of nitrogen functional groups attached to an aromatic ring is 1. The van der Waals surface area contributed by atoms with E-state index in [2.05, 4.69) is 9.98 Å². The topological polar surface area (TPSA) is 91.8 Å². The first-order valence-corrected chi connectivity index (χ1v) is 9.40. The third kappa shape index (κ3) is 4.39. The van der Waals surface area contributed by atoms with Gasteiger partial charge in [-0.1, -0.05) is 0 Å². The second kappa shape index (κ2) is 7.97. The Morgan fingerprint density at radius 1 is 1.37 bits per heavy atom. The van der Waals surface area contributed by atoms with Gasteiger partial charge in [-0.15, -0.1) is 0 Å². The molecular formula is C21H23F3N4O2. The zero-order valence-electron chi connectivity index (χ0n) is 16.9. The molecule has 0 bridgehead atoms. The van der Waals surface area contributed by atoms with Gasteiger partial charge in [-0.3, -0.25) is 9.79 Å². The molecule has 6 nitrogen and oxygen atoms in total. The Labute approximate surface area is 172 Å². The quantitative estimate of drug-likeness (QED) is 0.739. The van der Waals surface area contributed by atoms with Crippen molar-refractivity contribution >= 4 is 17.4 Å². The highest BCUT2D eigenvalue weighted by atomic mass is 19.4. The number of nitrogens with two attached hydrogens (primary N) is 1. The van der Waals surface area contributed by atoms with Crippen molar-refractivity contribution in [3.8, 4) is 17.0 Å². The summed E-state index contributed by atoms with van der Waals surface area (Å²) in [6.45, 7) is 4.41. The molecule has 1 aliphatic heterocycles. The minimum absolute atomic E-state index is 0.102. The van der Waals surface area contributed by atoms with Crippen LogP contribution in [0.5, 0.6) is 5.75 Å². The molecule has 0 saturated carbocycles. The lowest BCUT2D eigenvalue weighted by molar-refractivity contribution is -0.137. The number of likely N-dealkylation sites (tertiary alicyclic amines) is 1. The molecule has 1 atom stereocenters. The van der Waals surface area contributed by atoms with E-state index in [1.54, 1.807) is 31.0 Å². The van der Waals surface area contributed by atoms with E-state index in [4.69, 9.17) is 5.73 Å². The molecule has 160 valence electrons. The van der Waals surface area contributed by atoms with Crippen molar-refractivity contribution in [3.63, 3.8) is 0 Å². The molecule has 3 N–H and O–H groups in total. The van der Waals surface area contributed by atoms with Crippen LogP contribution in [0.1, 0.15) is 30.0 Å². The molecule has 1 fully saturated rings. The van der Waals surface area contributed by atoms with Crippen molar-refractivity contribution in [1.82, 2.24) is 9.88 Å². The Bertz CT molecular complexity index is 995. The van der Waals surface area contributed by atoms with Crippen LogP contribution in [0, 0.1) is 12.8 Å². The number of amides is 1. The number of benzene rings is 1. The van der Waals surface area contributed by atoms with Crippen LogP contribution >= 0.6 is 0 Å². The molecule has 0 radical (unpaired) electrons. The predicted molar refractivity (Wildman–Crippen MR) is 108 cm³/mol. The molecule has 1 saturated heterocycles. The summed E-state index contributed by atoms with van der Waals surface area (Å²) in [5, 5.41) is 10.2. The maximum Gasteiger partial charge on any atom is 0.416 e. The first-order valence-electron chi connectivity index (χ1n) is 9.40. The number of phenolic OH excluding ortho intramolecular Hbond substituents is 1. The summed E-state index contributed by atoms with van der Waals surface area (Å²) in [5.74, 6) is -0.0998. The minimum Gasteiger partial charge on any atom is -0.507 e. The molecule has 9 heteroatoms. The summed E-state index contributed by atoms with van der Waals surface area (Å²) in [5.41, 5.74) is 7.11. The van der Waals surface area contributed by atoms with Crippen molar-refractivity contribution < 1.29 is 23.1 Å². The fourth-order valence-corrected chi connectivity index (χ4v) is 3.62. The summed E-state index contributed by atoms with van der Waals surface area (Å²) in [7, 11) is 1.76. The Kier molecular flexibility index (Phi) is 5.74. The van der Waals surface area contributed by atoms with E-state index in [1.165, 1.54) is 6.92 Å². The number of carbonyl (C=O) groups excluding carboxylic acids is 1. The molecule has 1 aromatic heterocycles. The fraction of sp³-hybridized carbons (Fsp3) is 0.381. The molecule has 30 heavy (non-hydrogen) atoms. The second-order valence-electron chi connectivity index (χ2n) is 7.58. The van der Waals surface area contributed by atoms with Crippen LogP contribution < -0.4 is 5.73 Å². The summed E-state index contributed by atoms with van der Waals surface area (Å²) in [6, 6.07) is 4.92. The number of aromatic nitrogens is 1. The number of hydrogen-bond donors (Lipinski definition) is 2. The SMILES string of the molecule is CC(=NCC1CC(=O)N(C)C1)c1ccc(-c2c(C)cc(C(F)(F)F)cc2O)nc1N. The van der Waals surface area contributed by atoms with Crippen molar-refractivity contribution in [2.45, 2.75) is 26.4 Å². The van der Waals surface area contributed by atoms with E-state index in [1.807, 2.05) is 0 Å². The second-order valence-corrected chi connectivity index (χ2v) is 7.58. The van der Waals surface area contributed by atoms with E-state index >= 15 is 0 Å². The number of nitrogens with zero attached hydrogens (tertiary/aromatic N) is 3. The number of pyridine rings is 1. The van der Waals surface area contributed by atoms with E-state index in [0.717, 1.165) is 6.07 Å². The Morgan fingerprint density at radius 2 is 2.07 bits per heavy atom. The Balaban J connectivity index is 1.85. The number of phenols is 1. The van der Waals surface area contributed by atoms with Gasteiger partial charge in [-0.2, -0.15) is 13.2 Å². The van der Waals surface area contributed by atoms with Crippen LogP contribution in [-0.4, -0.2) is 46.7 Å². The van der Waals surface area contributed by atoms with Gasteiger partial charge >= 0.3 is 6.18 Å². The smallest absolute Gasteiger partial charge is 0.416 e. The average molecular weight is 420 g/mol. The molecule has 0 aliphatic carbocycles. The Morgan fingerprint density at radius 3 is 2.60 bits per heavy atom. The molecule has 1 unspecified atom stereocenters. The maximum atomic E-state index is 12.9. The van der Waals surface area contributed by atoms with Crippen molar-refractivity contribution in [1.29, 1.82) is 0 Å². The van der Waals surface area contributed by atoms with Crippen molar-refractivity contribution in [3.05, 3.63) is 41.0 Å². The lowest BCUT2D eigenvalue weighted by atomic mass is 9.99. The maximum absolute atomic E-state index is 12.9. The van der Waals surface area contributed by atoms with Crippen molar-refractivity contribution in [2.24, 2.45) is 10.9 Å². The monoisotopic (exact) mass is 420 g/mol. The van der Waals surface area contributed by atoms with Crippen LogP contribution in [0.15, 0.2) is 29.3 Å². The van der Waals surface area contributed by atoms with Gasteiger partial charge in [0.15, 0.2) is 0 Å². The summed E-state index contributed by atoms with van der Waals surface area (Å²) in [6.07, 6.45) is -4.09. The number of aryl methyl sites for hydroxylation is 1. The zero-order valence-corrected chi connectivity index (χ0v) is 16.9. The predicted octanol–water partition coefficient (Wildman–Crippen LogP) is 3.65. The van der Waals surface area contributed by atoms with E-state index in [-0.39, 0.29) is 34.5 Å². The lowest BCUT2D eigenvalue weighted by Crippen LogP contribution is -2.19. The molecule has 1 aliphatic rings. The Hall–Kier alpha value is -3.10. The van der Waals surface area contributed by atoms with Crippen LogP contribution in [-0.2, 0) is 11.0 Å². The number of rotatable bonds is 4. The van der Waals surface area contributed by atoms with Gasteiger partial charge in [0.1, 0.15) is 11.6 Å². The van der Waals surface area contributed by atoms with E-state index in [0.29, 0.717) is 36.9 Å². The molecular weight excluding hydrogens is 397 g/mol. The zero-order chi connectivity index (χ0) is 22.2. The van der Waals surface area contributed by atoms with Gasteiger partial charge in [-0.25, -0.2) is 4.98 Å². The summed E-state index contributed by atoms with van der Waals surface area (Å²) >= 11 is 0. The number of carbonyl (C=O) groups is 1. The van der Waals surface area contributed by atoms with Gasteiger partial charge in [-0.05, 0) is 43.7 Å². The molecule has 2 aromatic rings. The first kappa shape index (κ1) is 21.6. The average Bonchev–Trinajstić information content (AvgIpc) is 2.96. The summed E-state index contributed by atoms with van der Waals surface area (Å²) in [4.78, 5) is 22.1. The van der Waals surface area contributed by atoms with Gasteiger partial charge < -0.3 is 15.7 Å². The normalized spacial score (nSPS) is 17.7. The third-order valence-electron chi connectivity index (χ3n) is 5.22. The van der Waals surface area contributed by atoms with Gasteiger partial charge in [0, 0.05) is 49.3 Å². The van der Waals surface area contributed by atoms with Crippen LogP contribution in [0.4, 0.5) is 19.0 Å². The highest BCUT2D eigenvalue weighted by Crippen LogP contribution is 2.38. The number of hydrogen-bond acceptors (Lipinski definition) is 5. The molecule has 1 aromatic carbocycles. The largest absolute Gasteiger partial charge is 0.507 e. The number of alkyl halides is 3. The standard InChI is InChI=1S/C21H23F3N4O2/c1-11-6-14(21(22,23)24)8-17(29)19(11)16-5-4-15(20(25)27-16)12(2)26-9-13-7-18(30)28(3)10-13/h4-6,8,13,29H,7,9-10H2,1-3H3,(H2,25,27). The highest BCUT2D eigenvalue weighted by molar-refractivity contribution is 6.02. The van der Waals surface area contributed by atoms with E-state index in [9.17, 15) is 23.1 Å². The van der Waals surface area contributed by atoms with Crippen LogP contribution in [0.25, 0.3) is 11.3 Å². The van der Waals surface area contributed by atoms with Gasteiger partial charge in [0.25, 0.3) is 0 Å². The number of halogens is 3. The van der Waals surface area contributed by atoms with Gasteiger partial charge in [0.05, 0.1) is 11.3 Å². The number of aromatic hydroxyl groups is 1. The van der Waals surface area contributed by atoms with Gasteiger partial charge in [0.2, 0.25) is 5.91 Å². The lowest BCUT2D eigenvalue weighted by Gasteiger charge is -2.14. The van der Waals surface area contributed by atoms with Crippen molar-refractivity contribution in [2.75, 3.05) is 25.9 Å². The molecule has 3 rings (SSSR count). The fourth-order valence-electron chi connectivity index (χ4n) is 3.62. The van der Waals surface area contributed by atoms with Crippen LogP contribution in [0.2, 0.25) is 0 Å². The molecule has 1 amide bonds. The molecule has 0 spiro atoms. The summed E-state index contributed by atoms with van der Waals surface area (Å²) < 4.78 is 38.8. The van der Waals surface area contributed by atoms with E-state index < -0.39 is 17.5 Å². The molecule has 2 heterocycles. The number of aliphatic imine (C=N–C) groups is 1. The third-order valence-corrected chi connectivity index (χ3v) is 5.22. The number of anilines is 1. The highest BCUT2D eigenvalue weighted by Gasteiger charge is 2.32. The van der Waals surface area contributed by atoms with Crippen LogP contribution in [0.3, 0.4) is 0 Å². The first-order chi connectivity index (χ1) is 14.0. The minimum atomic E-state index is -4.55.